The van der Waals surface area contributed by atoms with E-state index in [1.807, 2.05) is 0 Å². The first-order valence-electron chi connectivity index (χ1n) is 12.0. The molecule has 5 aromatic rings. The van der Waals surface area contributed by atoms with Gasteiger partial charge < -0.3 is 4.90 Å². The van der Waals surface area contributed by atoms with Crippen LogP contribution < -0.4 is 4.90 Å². The van der Waals surface area contributed by atoms with Crippen LogP contribution in [0.5, 0.6) is 0 Å². The molecule has 1 nitrogen and oxygen atoms in total. The molecule has 0 bridgehead atoms. The Morgan fingerprint density at radius 2 is 1.06 bits per heavy atom. The topological polar surface area (TPSA) is 3.24 Å². The van der Waals surface area contributed by atoms with E-state index in [1.54, 1.807) is 0 Å². The van der Waals surface area contributed by atoms with Crippen molar-refractivity contribution in [1.29, 1.82) is 0 Å². The van der Waals surface area contributed by atoms with Crippen LogP contribution in [-0.4, -0.2) is 0 Å². The zero-order chi connectivity index (χ0) is 24.0. The number of benzene rings is 5. The van der Waals surface area contributed by atoms with Gasteiger partial charge in [-0.25, -0.2) is 0 Å². The molecule has 0 heterocycles. The van der Waals surface area contributed by atoms with Gasteiger partial charge in [-0.3, -0.25) is 0 Å². The fraction of sp³-hybridized carbons (Fsp3) is 0.0588. The maximum Gasteiger partial charge on any atom is 0.0464 e. The molecule has 0 fully saturated rings. The summed E-state index contributed by atoms with van der Waals surface area (Å²) in [6, 6.07) is 47.2. The summed E-state index contributed by atoms with van der Waals surface area (Å²) < 4.78 is 0. The second kappa shape index (κ2) is 10.3. The SMILES string of the molecule is Cc1cccc(N(c2ccccc2)c2ccc(C=C(c3ccccc3)c3ccccc3)c(C)c2)c1. The Bertz CT molecular complexity index is 1390. The molecule has 0 aromatic heterocycles. The van der Waals surface area contributed by atoms with Gasteiger partial charge >= 0.3 is 0 Å². The maximum absolute atomic E-state index is 2.32. The van der Waals surface area contributed by atoms with Crippen molar-refractivity contribution in [2.75, 3.05) is 4.90 Å². The number of rotatable bonds is 6. The van der Waals surface area contributed by atoms with E-state index in [0.717, 1.165) is 17.1 Å². The summed E-state index contributed by atoms with van der Waals surface area (Å²) in [6.45, 7) is 4.34. The normalized spacial score (nSPS) is 10.6. The van der Waals surface area contributed by atoms with Gasteiger partial charge in [0.2, 0.25) is 0 Å². The Morgan fingerprint density at radius 1 is 0.514 bits per heavy atom. The fourth-order valence-electron chi connectivity index (χ4n) is 4.48. The van der Waals surface area contributed by atoms with E-state index in [2.05, 4.69) is 158 Å². The molecule has 0 amide bonds. The van der Waals surface area contributed by atoms with E-state index in [0.29, 0.717) is 0 Å². The van der Waals surface area contributed by atoms with Crippen molar-refractivity contribution < 1.29 is 0 Å². The third kappa shape index (κ3) is 5.10. The summed E-state index contributed by atoms with van der Waals surface area (Å²) in [4.78, 5) is 2.32. The van der Waals surface area contributed by atoms with Crippen molar-refractivity contribution in [2.24, 2.45) is 0 Å². The van der Waals surface area contributed by atoms with Gasteiger partial charge in [-0.05, 0) is 89.7 Å². The molecule has 0 aliphatic rings. The van der Waals surface area contributed by atoms with Gasteiger partial charge in [0.05, 0.1) is 0 Å². The molecule has 5 rings (SSSR count). The van der Waals surface area contributed by atoms with Crippen LogP contribution in [-0.2, 0) is 0 Å². The monoisotopic (exact) mass is 451 g/mol. The molecule has 0 aliphatic carbocycles. The predicted molar refractivity (Wildman–Crippen MR) is 150 cm³/mol. The van der Waals surface area contributed by atoms with Crippen LogP contribution in [0.25, 0.3) is 11.6 Å². The molecule has 170 valence electrons. The number of para-hydroxylation sites is 1. The van der Waals surface area contributed by atoms with Crippen LogP contribution in [0.15, 0.2) is 133 Å². The molecular formula is C34H29N. The van der Waals surface area contributed by atoms with Gasteiger partial charge in [0.1, 0.15) is 0 Å². The number of anilines is 3. The van der Waals surface area contributed by atoms with Gasteiger partial charge in [0.25, 0.3) is 0 Å². The lowest BCUT2D eigenvalue weighted by Gasteiger charge is -2.26. The molecule has 0 N–H and O–H groups in total. The second-order valence-corrected chi connectivity index (χ2v) is 8.84. The third-order valence-corrected chi connectivity index (χ3v) is 6.26. The minimum absolute atomic E-state index is 1.15. The van der Waals surface area contributed by atoms with Crippen LogP contribution in [0.4, 0.5) is 17.1 Å². The lowest BCUT2D eigenvalue weighted by molar-refractivity contribution is 1.26. The van der Waals surface area contributed by atoms with Gasteiger partial charge in [0, 0.05) is 17.1 Å². The van der Waals surface area contributed by atoms with Crippen LogP contribution in [0.2, 0.25) is 0 Å². The zero-order valence-electron chi connectivity index (χ0n) is 20.2. The fourth-order valence-corrected chi connectivity index (χ4v) is 4.48. The molecule has 0 unspecified atom stereocenters. The third-order valence-electron chi connectivity index (χ3n) is 6.26. The zero-order valence-corrected chi connectivity index (χ0v) is 20.2. The number of nitrogens with zero attached hydrogens (tertiary/aromatic N) is 1. The molecule has 0 saturated heterocycles. The van der Waals surface area contributed by atoms with E-state index < -0.39 is 0 Å². The summed E-state index contributed by atoms with van der Waals surface area (Å²) in [5, 5.41) is 0. The Hall–Kier alpha value is -4.36. The van der Waals surface area contributed by atoms with E-state index >= 15 is 0 Å². The molecule has 0 spiro atoms. The lowest BCUT2D eigenvalue weighted by atomic mass is 9.94. The maximum atomic E-state index is 2.32. The van der Waals surface area contributed by atoms with Gasteiger partial charge in [-0.2, -0.15) is 0 Å². The van der Waals surface area contributed by atoms with Gasteiger partial charge in [-0.15, -0.1) is 0 Å². The van der Waals surface area contributed by atoms with E-state index in [4.69, 9.17) is 0 Å². The average Bonchev–Trinajstić information content (AvgIpc) is 2.90. The van der Waals surface area contributed by atoms with Crippen LogP contribution in [0, 0.1) is 13.8 Å². The molecular weight excluding hydrogens is 422 g/mol. The largest absolute Gasteiger partial charge is 0.310 e. The highest BCUT2D eigenvalue weighted by atomic mass is 15.1. The molecule has 0 saturated carbocycles. The van der Waals surface area contributed by atoms with Gasteiger partial charge in [0.15, 0.2) is 0 Å². The minimum atomic E-state index is 1.15. The van der Waals surface area contributed by atoms with Crippen molar-refractivity contribution >= 4 is 28.7 Å². The highest BCUT2D eigenvalue weighted by Gasteiger charge is 2.14. The average molecular weight is 452 g/mol. The summed E-state index contributed by atoms with van der Waals surface area (Å²) in [5.74, 6) is 0. The van der Waals surface area contributed by atoms with Crippen molar-refractivity contribution in [3.63, 3.8) is 0 Å². The Kier molecular flexibility index (Phi) is 6.59. The first-order valence-corrected chi connectivity index (χ1v) is 12.0. The quantitative estimate of drug-likeness (QED) is 0.232. The standard InChI is InChI=1S/C34H29N/c1-26-13-12-20-32(23-26)35(31-18-10-5-11-19-31)33-22-21-30(27(2)24-33)25-34(28-14-6-3-7-15-28)29-16-8-4-9-17-29/h3-25H,1-2H3. The van der Waals surface area contributed by atoms with Crippen molar-refractivity contribution in [3.8, 4) is 0 Å². The summed E-state index contributed by atoms with van der Waals surface area (Å²) in [7, 11) is 0. The summed E-state index contributed by atoms with van der Waals surface area (Å²) in [6.07, 6.45) is 2.31. The Balaban J connectivity index is 1.60. The second-order valence-electron chi connectivity index (χ2n) is 8.84. The Labute approximate surface area is 208 Å². The minimum Gasteiger partial charge on any atom is -0.310 e. The molecule has 0 aliphatic heterocycles. The molecule has 35 heavy (non-hydrogen) atoms. The van der Waals surface area contributed by atoms with Gasteiger partial charge in [-0.1, -0.05) is 97.1 Å². The molecule has 0 atom stereocenters. The van der Waals surface area contributed by atoms with E-state index in [-0.39, 0.29) is 0 Å². The Morgan fingerprint density at radius 3 is 1.63 bits per heavy atom. The van der Waals surface area contributed by atoms with Crippen molar-refractivity contribution in [2.45, 2.75) is 13.8 Å². The van der Waals surface area contributed by atoms with Crippen LogP contribution in [0.3, 0.4) is 0 Å². The summed E-state index contributed by atoms with van der Waals surface area (Å²) >= 11 is 0. The van der Waals surface area contributed by atoms with Crippen molar-refractivity contribution in [3.05, 3.63) is 161 Å². The molecule has 0 radical (unpaired) electrons. The number of aryl methyl sites for hydroxylation is 2. The lowest BCUT2D eigenvalue weighted by Crippen LogP contribution is -2.10. The first-order chi connectivity index (χ1) is 17.2. The predicted octanol–water partition coefficient (Wildman–Crippen LogP) is 9.36. The van der Waals surface area contributed by atoms with Crippen LogP contribution >= 0.6 is 0 Å². The van der Waals surface area contributed by atoms with E-state index in [9.17, 15) is 0 Å². The highest BCUT2D eigenvalue weighted by Crippen LogP contribution is 2.36. The molecule has 1 heteroatoms. The number of hydrogen-bond acceptors (Lipinski definition) is 1. The smallest absolute Gasteiger partial charge is 0.0464 e. The molecule has 5 aromatic carbocycles. The van der Waals surface area contributed by atoms with Crippen LogP contribution in [0.1, 0.15) is 27.8 Å². The highest BCUT2D eigenvalue weighted by molar-refractivity contribution is 5.92. The van der Waals surface area contributed by atoms with Crippen molar-refractivity contribution in [1.82, 2.24) is 0 Å². The number of hydrogen-bond donors (Lipinski definition) is 0. The first kappa shape index (κ1) is 22.4. The summed E-state index contributed by atoms with van der Waals surface area (Å²) in [5.41, 5.74) is 10.8. The van der Waals surface area contributed by atoms with E-state index in [1.165, 1.54) is 33.4 Å².